The Morgan fingerprint density at radius 2 is 2.00 bits per heavy atom. The van der Waals surface area contributed by atoms with Gasteiger partial charge in [-0.2, -0.15) is 0 Å². The summed E-state index contributed by atoms with van der Waals surface area (Å²) in [5, 5.41) is 0. The van der Waals surface area contributed by atoms with Crippen LogP contribution in [0.25, 0.3) is 0 Å². The molecule has 1 aromatic carbocycles. The first-order chi connectivity index (χ1) is 8.24. The van der Waals surface area contributed by atoms with E-state index in [0.29, 0.717) is 13.2 Å². The van der Waals surface area contributed by atoms with Crippen molar-refractivity contribution in [3.63, 3.8) is 0 Å². The molecule has 0 spiro atoms. The van der Waals surface area contributed by atoms with Gasteiger partial charge in [-0.05, 0) is 36.2 Å². The monoisotopic (exact) mass is 244 g/mol. The van der Waals surface area contributed by atoms with Gasteiger partial charge in [0, 0.05) is 10.4 Å². The summed E-state index contributed by atoms with van der Waals surface area (Å²) in [5.41, 5.74) is 3.10. The zero-order valence-corrected chi connectivity index (χ0v) is 10.3. The Bertz CT molecular complexity index is 584. The minimum atomic E-state index is 0.109. The standard InChI is InChI=1S/C14H12O2S/c1-9-2-5-13(17-9)14(15)10-3-4-11-7-16-8-12(11)6-10/h2-6H,7-8H2,1H3. The van der Waals surface area contributed by atoms with Gasteiger partial charge in [0.05, 0.1) is 18.1 Å². The molecule has 2 aromatic rings. The van der Waals surface area contributed by atoms with E-state index in [1.54, 1.807) is 11.3 Å². The Labute approximate surface area is 104 Å². The van der Waals surface area contributed by atoms with Crippen molar-refractivity contribution in [1.82, 2.24) is 0 Å². The van der Waals surface area contributed by atoms with Gasteiger partial charge in [-0.1, -0.05) is 12.1 Å². The van der Waals surface area contributed by atoms with Gasteiger partial charge >= 0.3 is 0 Å². The molecule has 0 radical (unpaired) electrons. The number of ketones is 1. The maximum absolute atomic E-state index is 12.2. The molecular weight excluding hydrogens is 232 g/mol. The number of hydrogen-bond donors (Lipinski definition) is 0. The minimum absolute atomic E-state index is 0.109. The third kappa shape index (κ3) is 1.92. The van der Waals surface area contributed by atoms with Crippen LogP contribution < -0.4 is 0 Å². The van der Waals surface area contributed by atoms with Gasteiger partial charge in [0.15, 0.2) is 0 Å². The van der Waals surface area contributed by atoms with Gasteiger partial charge in [0.1, 0.15) is 0 Å². The van der Waals surface area contributed by atoms with Gasteiger partial charge in [-0.25, -0.2) is 0 Å². The predicted molar refractivity (Wildman–Crippen MR) is 67.4 cm³/mol. The van der Waals surface area contributed by atoms with E-state index in [-0.39, 0.29) is 5.78 Å². The number of aryl methyl sites for hydroxylation is 1. The summed E-state index contributed by atoms with van der Waals surface area (Å²) in [6.07, 6.45) is 0. The lowest BCUT2D eigenvalue weighted by atomic mass is 10.0. The van der Waals surface area contributed by atoms with Crippen LogP contribution in [0.3, 0.4) is 0 Å². The molecule has 0 fully saturated rings. The van der Waals surface area contributed by atoms with E-state index in [9.17, 15) is 4.79 Å². The van der Waals surface area contributed by atoms with Crippen molar-refractivity contribution in [3.8, 4) is 0 Å². The first kappa shape index (κ1) is 10.7. The molecule has 1 aromatic heterocycles. The fraction of sp³-hybridized carbons (Fsp3) is 0.214. The Morgan fingerprint density at radius 3 is 2.76 bits per heavy atom. The molecule has 3 heteroatoms. The van der Waals surface area contributed by atoms with Crippen molar-refractivity contribution >= 4 is 17.1 Å². The number of thiophene rings is 1. The van der Waals surface area contributed by atoms with Crippen LogP contribution >= 0.6 is 11.3 Å². The lowest BCUT2D eigenvalue weighted by Gasteiger charge is -2.01. The molecular formula is C14H12O2S. The Kier molecular flexibility index (Phi) is 2.57. The highest BCUT2D eigenvalue weighted by Gasteiger charge is 2.16. The second-order valence-corrected chi connectivity index (χ2v) is 5.50. The molecule has 0 saturated heterocycles. The van der Waals surface area contributed by atoms with E-state index in [4.69, 9.17) is 4.74 Å². The quantitative estimate of drug-likeness (QED) is 0.757. The number of carbonyl (C=O) groups is 1. The van der Waals surface area contributed by atoms with Crippen LogP contribution in [-0.4, -0.2) is 5.78 Å². The number of rotatable bonds is 2. The van der Waals surface area contributed by atoms with Crippen molar-refractivity contribution in [2.45, 2.75) is 20.1 Å². The average molecular weight is 244 g/mol. The van der Waals surface area contributed by atoms with Crippen LogP contribution in [0.2, 0.25) is 0 Å². The molecule has 0 unspecified atom stereocenters. The third-order valence-corrected chi connectivity index (χ3v) is 3.95. The molecule has 0 atom stereocenters. The van der Waals surface area contributed by atoms with Crippen molar-refractivity contribution in [1.29, 1.82) is 0 Å². The summed E-state index contributed by atoms with van der Waals surface area (Å²) in [6.45, 7) is 3.31. The van der Waals surface area contributed by atoms with Crippen molar-refractivity contribution < 1.29 is 9.53 Å². The second kappa shape index (κ2) is 4.09. The zero-order valence-electron chi connectivity index (χ0n) is 9.53. The summed E-state index contributed by atoms with van der Waals surface area (Å²) >= 11 is 1.54. The number of ether oxygens (including phenoxy) is 1. The molecule has 1 aliphatic heterocycles. The van der Waals surface area contributed by atoms with Crippen molar-refractivity contribution in [2.24, 2.45) is 0 Å². The third-order valence-electron chi connectivity index (χ3n) is 2.95. The zero-order chi connectivity index (χ0) is 11.8. The highest BCUT2D eigenvalue weighted by atomic mass is 32.1. The van der Waals surface area contributed by atoms with E-state index in [1.807, 2.05) is 37.3 Å². The number of hydrogen-bond acceptors (Lipinski definition) is 3. The highest BCUT2D eigenvalue weighted by Crippen LogP contribution is 2.24. The molecule has 17 heavy (non-hydrogen) atoms. The summed E-state index contributed by atoms with van der Waals surface area (Å²) < 4.78 is 5.35. The Hall–Kier alpha value is -1.45. The summed E-state index contributed by atoms with van der Waals surface area (Å²) in [5.74, 6) is 0.109. The van der Waals surface area contributed by atoms with Crippen LogP contribution in [0.4, 0.5) is 0 Å². The van der Waals surface area contributed by atoms with Gasteiger partial charge in [-0.15, -0.1) is 11.3 Å². The van der Waals surface area contributed by atoms with Gasteiger partial charge in [0.2, 0.25) is 5.78 Å². The first-order valence-electron chi connectivity index (χ1n) is 5.55. The Morgan fingerprint density at radius 1 is 1.18 bits per heavy atom. The van der Waals surface area contributed by atoms with Gasteiger partial charge in [0.25, 0.3) is 0 Å². The number of fused-ring (bicyclic) bond motifs is 1. The second-order valence-electron chi connectivity index (χ2n) is 4.22. The molecule has 2 heterocycles. The maximum Gasteiger partial charge on any atom is 0.202 e. The fourth-order valence-corrected chi connectivity index (χ4v) is 2.84. The first-order valence-corrected chi connectivity index (χ1v) is 6.36. The van der Waals surface area contributed by atoms with E-state index in [1.165, 1.54) is 5.56 Å². The van der Waals surface area contributed by atoms with Gasteiger partial charge in [-0.3, -0.25) is 4.79 Å². The molecule has 0 aliphatic carbocycles. The molecule has 0 N–H and O–H groups in total. The summed E-state index contributed by atoms with van der Waals surface area (Å²) in [4.78, 5) is 14.2. The smallest absolute Gasteiger partial charge is 0.202 e. The molecule has 2 nitrogen and oxygen atoms in total. The van der Waals surface area contributed by atoms with Crippen LogP contribution in [0.1, 0.15) is 31.2 Å². The van der Waals surface area contributed by atoms with Crippen LogP contribution in [0.15, 0.2) is 30.3 Å². The summed E-state index contributed by atoms with van der Waals surface area (Å²) in [6, 6.07) is 9.72. The van der Waals surface area contributed by atoms with E-state index in [2.05, 4.69) is 0 Å². The normalized spacial score (nSPS) is 13.7. The minimum Gasteiger partial charge on any atom is -0.372 e. The molecule has 0 amide bonds. The molecule has 1 aliphatic rings. The SMILES string of the molecule is Cc1ccc(C(=O)c2ccc3c(c2)COC3)s1. The summed E-state index contributed by atoms with van der Waals surface area (Å²) in [7, 11) is 0. The van der Waals surface area contributed by atoms with Crippen molar-refractivity contribution in [3.05, 3.63) is 56.8 Å². The van der Waals surface area contributed by atoms with Gasteiger partial charge < -0.3 is 4.74 Å². The molecule has 3 rings (SSSR count). The fourth-order valence-electron chi connectivity index (χ4n) is 2.01. The predicted octanol–water partition coefficient (Wildman–Crippen LogP) is 3.32. The van der Waals surface area contributed by atoms with E-state index >= 15 is 0 Å². The number of benzene rings is 1. The number of carbonyl (C=O) groups excluding carboxylic acids is 1. The van der Waals surface area contributed by atoms with Crippen LogP contribution in [0.5, 0.6) is 0 Å². The molecule has 86 valence electrons. The lowest BCUT2D eigenvalue weighted by Crippen LogP contribution is -1.99. The molecule has 0 saturated carbocycles. The maximum atomic E-state index is 12.2. The van der Waals surface area contributed by atoms with E-state index < -0.39 is 0 Å². The molecule has 0 bridgehead atoms. The van der Waals surface area contributed by atoms with E-state index in [0.717, 1.165) is 20.9 Å². The van der Waals surface area contributed by atoms with Crippen LogP contribution in [-0.2, 0) is 18.0 Å². The largest absolute Gasteiger partial charge is 0.372 e. The lowest BCUT2D eigenvalue weighted by molar-refractivity contribution is 0.104. The Balaban J connectivity index is 1.97. The van der Waals surface area contributed by atoms with Crippen LogP contribution in [0, 0.1) is 6.92 Å². The topological polar surface area (TPSA) is 26.3 Å². The highest BCUT2D eigenvalue weighted by molar-refractivity contribution is 7.14. The van der Waals surface area contributed by atoms with Crippen molar-refractivity contribution in [2.75, 3.05) is 0 Å². The average Bonchev–Trinajstić information content (AvgIpc) is 2.95.